The Balaban J connectivity index is 1.54. The zero-order chi connectivity index (χ0) is 27.2. The smallest absolute Gasteiger partial charge is 0.269 e. The fourth-order valence-electron chi connectivity index (χ4n) is 4.18. The molecule has 0 radical (unpaired) electrons. The van der Waals surface area contributed by atoms with Crippen LogP contribution in [0, 0.1) is 0 Å². The second kappa shape index (κ2) is 12.2. The van der Waals surface area contributed by atoms with Gasteiger partial charge in [0.2, 0.25) is 0 Å². The predicted octanol–water partition coefficient (Wildman–Crippen LogP) is 7.70. The Labute approximate surface area is 227 Å². The molecule has 0 aliphatic carbocycles. The summed E-state index contributed by atoms with van der Waals surface area (Å²) < 4.78 is 7.86. The van der Waals surface area contributed by atoms with Crippen molar-refractivity contribution >= 4 is 17.5 Å². The highest BCUT2D eigenvalue weighted by molar-refractivity contribution is 6.33. The van der Waals surface area contributed by atoms with Gasteiger partial charge in [-0.1, -0.05) is 83.5 Å². The van der Waals surface area contributed by atoms with Gasteiger partial charge in [-0.05, 0) is 60.3 Å². The molecule has 3 rings (SSSR count). The number of halogens is 1. The monoisotopic (exact) mass is 523 g/mol. The summed E-state index contributed by atoms with van der Waals surface area (Å²) in [6, 6.07) is 16.0. The topological polar surface area (TPSA) is 56.1 Å². The van der Waals surface area contributed by atoms with E-state index in [1.165, 1.54) is 11.1 Å². The summed E-state index contributed by atoms with van der Waals surface area (Å²) in [6.07, 6.45) is 3.81. The average Bonchev–Trinajstić information content (AvgIpc) is 3.27. The summed E-state index contributed by atoms with van der Waals surface area (Å²) in [5, 5.41) is 8.08. The van der Waals surface area contributed by atoms with Gasteiger partial charge in [0, 0.05) is 24.7 Å². The molecule has 3 aromatic rings. The van der Waals surface area contributed by atoms with E-state index in [4.69, 9.17) is 16.3 Å². The Morgan fingerprint density at radius 3 is 2.38 bits per heavy atom. The van der Waals surface area contributed by atoms with Crippen LogP contribution in [0.1, 0.15) is 88.8 Å². The molecule has 1 amide bonds. The number of aromatic nitrogens is 2. The lowest BCUT2D eigenvalue weighted by Gasteiger charge is -2.30. The number of ether oxygens (including phenoxy) is 1. The van der Waals surface area contributed by atoms with Crippen molar-refractivity contribution < 1.29 is 9.53 Å². The molecule has 0 saturated heterocycles. The Hall–Kier alpha value is -2.79. The summed E-state index contributed by atoms with van der Waals surface area (Å²) in [7, 11) is 1.77. The molecule has 0 aliphatic rings. The van der Waals surface area contributed by atoms with Crippen molar-refractivity contribution in [1.29, 1.82) is 0 Å². The van der Waals surface area contributed by atoms with Gasteiger partial charge in [-0.25, -0.2) is 0 Å². The average molecular weight is 524 g/mol. The van der Waals surface area contributed by atoms with E-state index in [1.807, 2.05) is 24.3 Å². The molecule has 0 saturated carbocycles. The largest absolute Gasteiger partial charge is 0.493 e. The summed E-state index contributed by atoms with van der Waals surface area (Å²) in [4.78, 5) is 12.7. The third-order valence-electron chi connectivity index (χ3n) is 7.63. The molecular formula is C31H42ClN3O2. The van der Waals surface area contributed by atoms with E-state index in [0.29, 0.717) is 29.6 Å². The number of nitrogens with zero attached hydrogens (tertiary/aromatic N) is 2. The fourth-order valence-corrected chi connectivity index (χ4v) is 4.41. The molecule has 1 aromatic heterocycles. The zero-order valence-electron chi connectivity index (χ0n) is 23.5. The molecule has 37 heavy (non-hydrogen) atoms. The standard InChI is InChI=1S/C31H42ClN3O2/c1-8-30(3,4)22-16-17-28(24(20-22)31(5,6)9-2)37-19-13-12-18-33-29(36)27-21-26(34-35(27)7)23-14-10-11-15-25(23)32/h10-11,14-17,20-21H,8-9,12-13,18-19H2,1-7H3,(H,33,36). The fraction of sp³-hybridized carbons (Fsp3) is 0.484. The number of unbranched alkanes of at least 4 members (excludes halogenated alkanes) is 1. The van der Waals surface area contributed by atoms with Crippen LogP contribution in [-0.2, 0) is 17.9 Å². The van der Waals surface area contributed by atoms with Gasteiger partial charge in [0.05, 0.1) is 17.3 Å². The molecule has 0 spiro atoms. The molecule has 1 heterocycles. The Bertz CT molecular complexity index is 1210. The highest BCUT2D eigenvalue weighted by Crippen LogP contribution is 2.38. The van der Waals surface area contributed by atoms with Crippen molar-refractivity contribution in [3.8, 4) is 17.0 Å². The molecule has 0 aliphatic heterocycles. The van der Waals surface area contributed by atoms with Crippen LogP contribution in [0.2, 0.25) is 5.02 Å². The lowest BCUT2D eigenvalue weighted by Crippen LogP contribution is -2.26. The van der Waals surface area contributed by atoms with Crippen LogP contribution in [0.4, 0.5) is 0 Å². The number of aryl methyl sites for hydroxylation is 1. The Morgan fingerprint density at radius 1 is 1.00 bits per heavy atom. The normalized spacial score (nSPS) is 12.0. The zero-order valence-corrected chi connectivity index (χ0v) is 24.2. The summed E-state index contributed by atoms with van der Waals surface area (Å²) in [5.41, 5.74) is 4.81. The lowest BCUT2D eigenvalue weighted by atomic mass is 9.76. The van der Waals surface area contributed by atoms with Gasteiger partial charge in [0.1, 0.15) is 11.4 Å². The van der Waals surface area contributed by atoms with Crippen LogP contribution >= 0.6 is 11.6 Å². The third-order valence-corrected chi connectivity index (χ3v) is 7.96. The summed E-state index contributed by atoms with van der Waals surface area (Å²) >= 11 is 6.29. The first-order valence-electron chi connectivity index (χ1n) is 13.3. The van der Waals surface area contributed by atoms with E-state index in [2.05, 4.69) is 70.2 Å². The van der Waals surface area contributed by atoms with Gasteiger partial charge in [-0.2, -0.15) is 5.10 Å². The molecule has 0 fully saturated rings. The number of nitrogens with one attached hydrogen (secondary N) is 1. The van der Waals surface area contributed by atoms with Crippen LogP contribution in [0.25, 0.3) is 11.3 Å². The van der Waals surface area contributed by atoms with E-state index in [0.717, 1.165) is 37.0 Å². The Morgan fingerprint density at radius 2 is 1.70 bits per heavy atom. The number of benzene rings is 2. The van der Waals surface area contributed by atoms with E-state index in [9.17, 15) is 4.79 Å². The SMILES string of the molecule is CCC(C)(C)c1ccc(OCCCCNC(=O)c2cc(-c3ccccc3Cl)nn2C)c(C(C)(C)CC)c1. The highest BCUT2D eigenvalue weighted by atomic mass is 35.5. The second-order valence-corrected chi connectivity index (χ2v) is 11.4. The van der Waals surface area contributed by atoms with Crippen LogP contribution in [0.3, 0.4) is 0 Å². The van der Waals surface area contributed by atoms with E-state index in [1.54, 1.807) is 17.8 Å². The molecule has 6 heteroatoms. The van der Waals surface area contributed by atoms with Crippen LogP contribution in [-0.4, -0.2) is 28.8 Å². The summed E-state index contributed by atoms with van der Waals surface area (Å²) in [5.74, 6) is 0.823. The minimum absolute atomic E-state index is 0.0368. The van der Waals surface area contributed by atoms with Gasteiger partial charge in [0.15, 0.2) is 0 Å². The number of rotatable bonds is 12. The van der Waals surface area contributed by atoms with Crippen LogP contribution < -0.4 is 10.1 Å². The number of carbonyl (C=O) groups is 1. The highest BCUT2D eigenvalue weighted by Gasteiger charge is 2.26. The lowest BCUT2D eigenvalue weighted by molar-refractivity contribution is 0.0943. The maximum Gasteiger partial charge on any atom is 0.269 e. The van der Waals surface area contributed by atoms with Gasteiger partial charge in [0.25, 0.3) is 5.91 Å². The maximum absolute atomic E-state index is 12.7. The van der Waals surface area contributed by atoms with Crippen molar-refractivity contribution in [3.63, 3.8) is 0 Å². The molecule has 5 nitrogen and oxygen atoms in total. The van der Waals surface area contributed by atoms with E-state index >= 15 is 0 Å². The first kappa shape index (κ1) is 28.8. The minimum atomic E-state index is -0.143. The molecule has 2 aromatic carbocycles. The number of amides is 1. The third kappa shape index (κ3) is 6.95. The molecule has 0 unspecified atom stereocenters. The maximum atomic E-state index is 12.7. The van der Waals surface area contributed by atoms with Gasteiger partial charge in [-0.3, -0.25) is 9.48 Å². The van der Waals surface area contributed by atoms with Gasteiger partial charge >= 0.3 is 0 Å². The molecule has 1 N–H and O–H groups in total. The predicted molar refractivity (Wildman–Crippen MR) is 154 cm³/mol. The molecule has 0 atom stereocenters. The van der Waals surface area contributed by atoms with Gasteiger partial charge in [-0.15, -0.1) is 0 Å². The summed E-state index contributed by atoms with van der Waals surface area (Å²) in [6.45, 7) is 14.8. The van der Waals surface area contributed by atoms with Crippen LogP contribution in [0.15, 0.2) is 48.5 Å². The van der Waals surface area contributed by atoms with E-state index in [-0.39, 0.29) is 16.7 Å². The van der Waals surface area contributed by atoms with E-state index < -0.39 is 0 Å². The quantitative estimate of drug-likeness (QED) is 0.247. The molecule has 200 valence electrons. The van der Waals surface area contributed by atoms with Crippen molar-refractivity contribution in [3.05, 3.63) is 70.4 Å². The van der Waals surface area contributed by atoms with Crippen molar-refractivity contribution in [2.45, 2.75) is 78.1 Å². The van der Waals surface area contributed by atoms with Crippen molar-refractivity contribution in [2.75, 3.05) is 13.2 Å². The number of hydrogen-bond donors (Lipinski definition) is 1. The van der Waals surface area contributed by atoms with Gasteiger partial charge < -0.3 is 10.1 Å². The minimum Gasteiger partial charge on any atom is -0.493 e. The Kier molecular flexibility index (Phi) is 9.46. The first-order valence-corrected chi connectivity index (χ1v) is 13.7. The second-order valence-electron chi connectivity index (χ2n) is 11.0. The molecular weight excluding hydrogens is 482 g/mol. The van der Waals surface area contributed by atoms with Crippen molar-refractivity contribution in [2.24, 2.45) is 7.05 Å². The number of carbonyl (C=O) groups excluding carboxylic acids is 1. The van der Waals surface area contributed by atoms with Crippen molar-refractivity contribution in [1.82, 2.24) is 15.1 Å². The first-order chi connectivity index (χ1) is 17.5. The number of hydrogen-bond acceptors (Lipinski definition) is 3. The molecule has 0 bridgehead atoms. The van der Waals surface area contributed by atoms with Crippen LogP contribution in [0.5, 0.6) is 5.75 Å².